The first-order valence-corrected chi connectivity index (χ1v) is 13.9. The number of carbonyl (C=O) groups excluding carboxylic acids is 1. The van der Waals surface area contributed by atoms with Crippen molar-refractivity contribution in [2.24, 2.45) is 11.8 Å². The number of hydrogen-bond donors (Lipinski definition) is 1. The maximum atomic E-state index is 14.3. The lowest BCUT2D eigenvalue weighted by Crippen LogP contribution is -2.34. The van der Waals surface area contributed by atoms with E-state index in [0.29, 0.717) is 37.1 Å². The lowest BCUT2D eigenvalue weighted by molar-refractivity contribution is 0.0682. The third-order valence-electron chi connectivity index (χ3n) is 8.36. The molecule has 1 saturated carbocycles. The Morgan fingerprint density at radius 1 is 1.05 bits per heavy atom. The third kappa shape index (κ3) is 6.20. The summed E-state index contributed by atoms with van der Waals surface area (Å²) in [5.41, 5.74) is 0.696. The fourth-order valence-electron chi connectivity index (χ4n) is 6.13. The standard InChI is InChI=1S/C30H39FN2O4/c1-21(37-26-7-5-6-25(18-26)36-17-16-32-14-3-2-4-15-32)23-10-8-22(9-11-23)19-33-20-24-12-13-27(34)29(31)28(24)30(33)35/h5-7,12-13,18,21-23,34H,2-4,8-11,14-17,19-20H2,1H3. The van der Waals surface area contributed by atoms with Crippen LogP contribution >= 0.6 is 0 Å². The zero-order chi connectivity index (χ0) is 25.8. The van der Waals surface area contributed by atoms with Gasteiger partial charge in [0.25, 0.3) is 5.91 Å². The summed E-state index contributed by atoms with van der Waals surface area (Å²) in [4.78, 5) is 16.9. The summed E-state index contributed by atoms with van der Waals surface area (Å²) in [7, 11) is 0. The quantitative estimate of drug-likeness (QED) is 0.474. The minimum absolute atomic E-state index is 0.0356. The van der Waals surface area contributed by atoms with Crippen molar-refractivity contribution in [2.45, 2.75) is 64.5 Å². The summed E-state index contributed by atoms with van der Waals surface area (Å²) < 4.78 is 26.6. The fourth-order valence-corrected chi connectivity index (χ4v) is 6.13. The highest BCUT2D eigenvalue weighted by molar-refractivity contribution is 5.99. The molecule has 2 aliphatic heterocycles. The highest BCUT2D eigenvalue weighted by atomic mass is 19.1. The molecule has 1 amide bonds. The van der Waals surface area contributed by atoms with Crippen LogP contribution in [0, 0.1) is 17.7 Å². The molecule has 1 unspecified atom stereocenters. The van der Waals surface area contributed by atoms with Crippen LogP contribution in [0.4, 0.5) is 4.39 Å². The van der Waals surface area contributed by atoms with Gasteiger partial charge in [-0.1, -0.05) is 18.6 Å². The van der Waals surface area contributed by atoms with Crippen molar-refractivity contribution < 1.29 is 23.8 Å². The van der Waals surface area contributed by atoms with Crippen LogP contribution in [0.1, 0.15) is 67.8 Å². The minimum atomic E-state index is -0.795. The van der Waals surface area contributed by atoms with Crippen LogP contribution in [0.15, 0.2) is 36.4 Å². The van der Waals surface area contributed by atoms with Gasteiger partial charge in [-0.25, -0.2) is 4.39 Å². The summed E-state index contributed by atoms with van der Waals surface area (Å²) in [6.45, 7) is 7.21. The number of aromatic hydroxyl groups is 1. The number of rotatable bonds is 9. The molecule has 37 heavy (non-hydrogen) atoms. The van der Waals surface area contributed by atoms with Crippen LogP contribution in [0.25, 0.3) is 0 Å². The van der Waals surface area contributed by atoms with Gasteiger partial charge in [0.15, 0.2) is 11.6 Å². The Morgan fingerprint density at radius 2 is 1.81 bits per heavy atom. The molecule has 1 aliphatic carbocycles. The molecule has 2 aromatic rings. The van der Waals surface area contributed by atoms with Gasteiger partial charge in [0.2, 0.25) is 0 Å². The largest absolute Gasteiger partial charge is 0.505 e. The minimum Gasteiger partial charge on any atom is -0.505 e. The second-order valence-electron chi connectivity index (χ2n) is 10.9. The highest BCUT2D eigenvalue weighted by Gasteiger charge is 2.34. The van der Waals surface area contributed by atoms with Crippen LogP contribution in [0.3, 0.4) is 0 Å². The van der Waals surface area contributed by atoms with Crippen molar-refractivity contribution in [3.05, 3.63) is 53.3 Å². The molecule has 0 aromatic heterocycles. The number of piperidine rings is 1. The highest BCUT2D eigenvalue weighted by Crippen LogP contribution is 2.36. The van der Waals surface area contributed by atoms with Crippen LogP contribution < -0.4 is 9.47 Å². The predicted octanol–water partition coefficient (Wildman–Crippen LogP) is 5.63. The van der Waals surface area contributed by atoms with Crippen molar-refractivity contribution in [1.29, 1.82) is 0 Å². The van der Waals surface area contributed by atoms with Crippen molar-refractivity contribution in [1.82, 2.24) is 9.80 Å². The Morgan fingerprint density at radius 3 is 2.59 bits per heavy atom. The molecule has 6 nitrogen and oxygen atoms in total. The zero-order valence-electron chi connectivity index (χ0n) is 21.8. The molecular formula is C30H39FN2O4. The van der Waals surface area contributed by atoms with E-state index < -0.39 is 11.6 Å². The van der Waals surface area contributed by atoms with E-state index in [1.54, 1.807) is 11.0 Å². The van der Waals surface area contributed by atoms with Crippen LogP contribution in [-0.4, -0.2) is 59.7 Å². The van der Waals surface area contributed by atoms with E-state index in [-0.39, 0.29) is 17.6 Å². The van der Waals surface area contributed by atoms with E-state index in [9.17, 15) is 14.3 Å². The molecule has 0 bridgehead atoms. The van der Waals surface area contributed by atoms with E-state index in [0.717, 1.165) is 43.7 Å². The number of phenols is 1. The van der Waals surface area contributed by atoms with E-state index in [1.807, 2.05) is 24.3 Å². The second kappa shape index (κ2) is 11.7. The number of hydrogen-bond acceptors (Lipinski definition) is 5. The van der Waals surface area contributed by atoms with Crippen molar-refractivity contribution >= 4 is 5.91 Å². The number of likely N-dealkylation sites (tertiary alicyclic amines) is 1. The molecule has 2 heterocycles. The van der Waals surface area contributed by atoms with E-state index in [4.69, 9.17) is 9.47 Å². The number of ether oxygens (including phenoxy) is 2. The van der Waals surface area contributed by atoms with Gasteiger partial charge in [0.05, 0.1) is 11.7 Å². The van der Waals surface area contributed by atoms with Gasteiger partial charge >= 0.3 is 0 Å². The smallest absolute Gasteiger partial charge is 0.257 e. The Hall–Kier alpha value is -2.80. The fraction of sp³-hybridized carbons (Fsp3) is 0.567. The molecule has 7 heteroatoms. The molecule has 200 valence electrons. The lowest BCUT2D eigenvalue weighted by Gasteiger charge is -2.34. The molecule has 1 saturated heterocycles. The summed E-state index contributed by atoms with van der Waals surface area (Å²) in [6, 6.07) is 10.9. The first-order valence-electron chi connectivity index (χ1n) is 13.9. The third-order valence-corrected chi connectivity index (χ3v) is 8.36. The Balaban J connectivity index is 1.06. The molecule has 2 aromatic carbocycles. The number of amides is 1. The van der Waals surface area contributed by atoms with E-state index >= 15 is 0 Å². The molecule has 1 N–H and O–H groups in total. The zero-order valence-corrected chi connectivity index (χ0v) is 21.8. The van der Waals surface area contributed by atoms with Crippen LogP contribution in [-0.2, 0) is 6.54 Å². The van der Waals surface area contributed by atoms with Crippen LogP contribution in [0.5, 0.6) is 17.2 Å². The Labute approximate surface area is 219 Å². The summed E-state index contributed by atoms with van der Waals surface area (Å²) in [5, 5.41) is 9.63. The number of nitrogens with zero attached hydrogens (tertiary/aromatic N) is 2. The van der Waals surface area contributed by atoms with Gasteiger partial charge < -0.3 is 19.5 Å². The SMILES string of the molecule is CC(Oc1cccc(OCCN2CCCCC2)c1)C1CCC(CN2Cc3ccc(O)c(F)c3C2=O)CC1. The lowest BCUT2D eigenvalue weighted by atomic mass is 9.79. The molecule has 3 aliphatic rings. The van der Waals surface area contributed by atoms with Gasteiger partial charge in [-0.15, -0.1) is 0 Å². The normalized spacial score (nSPS) is 23.1. The Bertz CT molecular complexity index is 1080. The van der Waals surface area contributed by atoms with E-state index in [1.165, 1.54) is 38.4 Å². The van der Waals surface area contributed by atoms with Crippen LogP contribution in [0.2, 0.25) is 0 Å². The Kier molecular flexibility index (Phi) is 8.18. The average Bonchev–Trinajstić information content (AvgIpc) is 3.23. The first-order chi connectivity index (χ1) is 18.0. The molecule has 2 fully saturated rings. The maximum absolute atomic E-state index is 14.3. The van der Waals surface area contributed by atoms with Gasteiger partial charge in [-0.2, -0.15) is 0 Å². The summed E-state index contributed by atoms with van der Waals surface area (Å²) >= 11 is 0. The monoisotopic (exact) mass is 510 g/mol. The van der Waals surface area contributed by atoms with Gasteiger partial charge in [0, 0.05) is 25.7 Å². The number of benzene rings is 2. The van der Waals surface area contributed by atoms with E-state index in [2.05, 4.69) is 11.8 Å². The summed E-state index contributed by atoms with van der Waals surface area (Å²) in [6.07, 6.45) is 8.15. The van der Waals surface area contributed by atoms with Gasteiger partial charge in [-0.3, -0.25) is 9.69 Å². The van der Waals surface area contributed by atoms with Crippen molar-refractivity contribution in [3.8, 4) is 17.2 Å². The molecular weight excluding hydrogens is 471 g/mol. The number of fused-ring (bicyclic) bond motifs is 1. The number of halogens is 1. The predicted molar refractivity (Wildman–Crippen MR) is 141 cm³/mol. The molecule has 0 radical (unpaired) electrons. The first kappa shape index (κ1) is 25.8. The number of phenolic OH excluding ortho intramolecular Hbond substituents is 1. The number of carbonyl (C=O) groups is 1. The van der Waals surface area contributed by atoms with Gasteiger partial charge in [-0.05, 0) is 94.1 Å². The van der Waals surface area contributed by atoms with Crippen molar-refractivity contribution in [2.75, 3.05) is 32.8 Å². The maximum Gasteiger partial charge on any atom is 0.257 e. The average molecular weight is 511 g/mol. The molecule has 0 spiro atoms. The van der Waals surface area contributed by atoms with Crippen molar-refractivity contribution in [3.63, 3.8) is 0 Å². The molecule has 1 atom stereocenters. The van der Waals surface area contributed by atoms with Gasteiger partial charge in [0.1, 0.15) is 18.1 Å². The summed E-state index contributed by atoms with van der Waals surface area (Å²) in [5.74, 6) is 0.993. The second-order valence-corrected chi connectivity index (χ2v) is 10.9. The molecule has 5 rings (SSSR count). The topological polar surface area (TPSA) is 62.2 Å².